The van der Waals surface area contributed by atoms with Crippen molar-refractivity contribution in [2.75, 3.05) is 0 Å². The number of rotatable bonds is 1. The van der Waals surface area contributed by atoms with Crippen LogP contribution in [-0.4, -0.2) is 0 Å². The Kier molecular flexibility index (Phi) is 4.11. The van der Waals surface area contributed by atoms with Crippen molar-refractivity contribution in [2.45, 2.75) is 18.8 Å². The van der Waals surface area contributed by atoms with Gasteiger partial charge in [0.05, 0.1) is 0 Å². The van der Waals surface area contributed by atoms with E-state index in [0.717, 1.165) is 12.8 Å². The first-order valence-corrected chi connectivity index (χ1v) is 6.12. The monoisotopic (exact) mass is 313 g/mol. The molecule has 2 aromatic rings. The van der Waals surface area contributed by atoms with Crippen LogP contribution in [0.3, 0.4) is 0 Å². The Morgan fingerprint density at radius 3 is 2.50 bits per heavy atom. The van der Waals surface area contributed by atoms with Crippen molar-refractivity contribution in [1.29, 1.82) is 0 Å². The van der Waals surface area contributed by atoms with Crippen LogP contribution in [0.2, 0.25) is 0 Å². The first-order valence-electron chi connectivity index (χ1n) is 6.12. The largest absolute Gasteiger partial charge is 2.00 e. The van der Waals surface area contributed by atoms with Crippen LogP contribution in [0, 0.1) is 13.8 Å². The normalized spacial score (nSPS) is 16.4. The summed E-state index contributed by atoms with van der Waals surface area (Å²) in [6, 6.07) is 15.2. The molecule has 0 nitrogen and oxygen atoms in total. The summed E-state index contributed by atoms with van der Waals surface area (Å²) in [6.45, 7) is 8.39. The van der Waals surface area contributed by atoms with Gasteiger partial charge in [-0.3, -0.25) is 0 Å². The van der Waals surface area contributed by atoms with Gasteiger partial charge in [0, 0.05) is 0 Å². The topological polar surface area (TPSA) is 0 Å². The van der Waals surface area contributed by atoms with E-state index in [1.807, 2.05) is 0 Å². The van der Waals surface area contributed by atoms with Gasteiger partial charge in [-0.15, -0.1) is 5.92 Å². The quantitative estimate of drug-likeness (QED) is 0.553. The molecule has 1 radical (unpaired) electrons. The minimum absolute atomic E-state index is 0. The minimum Gasteiger partial charge on any atom is -0.339 e. The van der Waals surface area contributed by atoms with E-state index in [9.17, 15) is 0 Å². The van der Waals surface area contributed by atoms with E-state index in [1.54, 1.807) is 0 Å². The minimum atomic E-state index is 0. The molecule has 0 fully saturated rings. The summed E-state index contributed by atoms with van der Waals surface area (Å²) in [5.41, 5.74) is 6.96. The molecule has 89 valence electrons. The van der Waals surface area contributed by atoms with Crippen molar-refractivity contribution >= 4 is 0 Å². The van der Waals surface area contributed by atoms with Gasteiger partial charge < -0.3 is 13.8 Å². The van der Waals surface area contributed by atoms with Gasteiger partial charge in [0.1, 0.15) is 0 Å². The van der Waals surface area contributed by atoms with E-state index in [4.69, 9.17) is 0 Å². The molecule has 0 N–H and O–H groups in total. The van der Waals surface area contributed by atoms with E-state index in [1.165, 1.54) is 27.8 Å². The van der Waals surface area contributed by atoms with Gasteiger partial charge in [-0.05, 0) is 17.5 Å². The first kappa shape index (κ1) is 13.6. The molecule has 0 aliphatic heterocycles. The van der Waals surface area contributed by atoms with Crippen LogP contribution >= 0.6 is 0 Å². The number of hydrogen-bond acceptors (Lipinski definition) is 0. The zero-order valence-corrected chi connectivity index (χ0v) is 12.6. The van der Waals surface area contributed by atoms with Gasteiger partial charge in [0.25, 0.3) is 0 Å². The third kappa shape index (κ3) is 2.09. The zero-order chi connectivity index (χ0) is 11.8. The second-order valence-corrected chi connectivity index (χ2v) is 4.67. The SMILES string of the molecule is [CH2-]Cc1cccc2c1C([CH2-])c1ccccc1C2.[Nb+2]. The van der Waals surface area contributed by atoms with Gasteiger partial charge in [-0.2, -0.15) is 6.42 Å². The first-order chi connectivity index (χ1) is 8.31. The van der Waals surface area contributed by atoms with Crippen molar-refractivity contribution in [1.82, 2.24) is 0 Å². The van der Waals surface area contributed by atoms with Gasteiger partial charge in [-0.1, -0.05) is 59.2 Å². The third-order valence-electron chi connectivity index (χ3n) is 3.72. The van der Waals surface area contributed by atoms with Crippen LogP contribution in [0.5, 0.6) is 0 Å². The average Bonchev–Trinajstić information content (AvgIpc) is 2.38. The summed E-state index contributed by atoms with van der Waals surface area (Å²) in [5, 5.41) is 0. The van der Waals surface area contributed by atoms with Crippen LogP contribution in [0.15, 0.2) is 42.5 Å². The van der Waals surface area contributed by atoms with Crippen LogP contribution in [0.25, 0.3) is 0 Å². The van der Waals surface area contributed by atoms with Crippen LogP contribution in [0.1, 0.15) is 33.7 Å². The van der Waals surface area contributed by atoms with Crippen molar-refractivity contribution in [2.24, 2.45) is 0 Å². The van der Waals surface area contributed by atoms with Crippen molar-refractivity contribution < 1.29 is 22.4 Å². The summed E-state index contributed by atoms with van der Waals surface area (Å²) >= 11 is 0. The Morgan fingerprint density at radius 1 is 1.00 bits per heavy atom. The Bertz CT molecular complexity index is 557. The standard InChI is InChI=1S/C17H16.Nb/c1-3-13-8-6-9-15-11-14-7-4-5-10-16(14)12(2)17(13)15;/h4-10,12H,1-3,11H2;/q-2;+2. The smallest absolute Gasteiger partial charge is 0.339 e. The maximum absolute atomic E-state index is 4.36. The fraction of sp³-hybridized carbons (Fsp3) is 0.176. The fourth-order valence-corrected chi connectivity index (χ4v) is 2.88. The maximum Gasteiger partial charge on any atom is 2.00 e. The Labute approximate surface area is 125 Å². The Morgan fingerprint density at radius 2 is 1.72 bits per heavy atom. The predicted molar refractivity (Wildman–Crippen MR) is 72.0 cm³/mol. The molecule has 0 amide bonds. The van der Waals surface area contributed by atoms with Crippen molar-refractivity contribution in [3.63, 3.8) is 0 Å². The van der Waals surface area contributed by atoms with Gasteiger partial charge in [-0.25, -0.2) is 0 Å². The van der Waals surface area contributed by atoms with Gasteiger partial charge in [0.15, 0.2) is 0 Å². The van der Waals surface area contributed by atoms with Crippen LogP contribution in [0.4, 0.5) is 0 Å². The average molecular weight is 313 g/mol. The molecule has 3 rings (SSSR count). The second-order valence-electron chi connectivity index (χ2n) is 4.67. The van der Waals surface area contributed by atoms with Gasteiger partial charge in [0.2, 0.25) is 0 Å². The van der Waals surface area contributed by atoms with E-state index in [2.05, 4.69) is 56.3 Å². The van der Waals surface area contributed by atoms with E-state index < -0.39 is 0 Å². The van der Waals surface area contributed by atoms with Crippen molar-refractivity contribution in [3.05, 3.63) is 84.1 Å². The van der Waals surface area contributed by atoms with Crippen LogP contribution in [-0.2, 0) is 35.2 Å². The molecule has 0 saturated heterocycles. The fourth-order valence-electron chi connectivity index (χ4n) is 2.88. The van der Waals surface area contributed by atoms with E-state index >= 15 is 0 Å². The molecular formula is C17H16Nb. The molecule has 1 atom stereocenters. The summed E-state index contributed by atoms with van der Waals surface area (Å²) in [4.78, 5) is 0. The molecule has 0 saturated carbocycles. The summed E-state index contributed by atoms with van der Waals surface area (Å²) in [7, 11) is 0. The maximum atomic E-state index is 4.36. The molecule has 0 bridgehead atoms. The molecule has 0 heterocycles. The molecule has 1 aliphatic rings. The molecule has 1 aliphatic carbocycles. The molecular weight excluding hydrogens is 297 g/mol. The van der Waals surface area contributed by atoms with Crippen LogP contribution < -0.4 is 0 Å². The molecule has 2 aromatic carbocycles. The van der Waals surface area contributed by atoms with Crippen molar-refractivity contribution in [3.8, 4) is 0 Å². The van der Waals surface area contributed by atoms with E-state index in [0.29, 0.717) is 0 Å². The number of fused-ring (bicyclic) bond motifs is 2. The van der Waals surface area contributed by atoms with E-state index in [-0.39, 0.29) is 28.3 Å². The molecule has 18 heavy (non-hydrogen) atoms. The predicted octanol–water partition coefficient (Wildman–Crippen LogP) is 3.93. The molecule has 1 unspecified atom stereocenters. The molecule has 0 aromatic heterocycles. The molecule has 0 spiro atoms. The second kappa shape index (κ2) is 5.44. The van der Waals surface area contributed by atoms with Gasteiger partial charge >= 0.3 is 22.4 Å². The summed E-state index contributed by atoms with van der Waals surface area (Å²) in [6.07, 6.45) is 1.88. The summed E-state index contributed by atoms with van der Waals surface area (Å²) < 4.78 is 0. The molecule has 1 heteroatoms. The zero-order valence-electron chi connectivity index (χ0n) is 10.4. The number of benzene rings is 2. The summed E-state index contributed by atoms with van der Waals surface area (Å²) in [5.74, 6) is 0.257. The Hall–Kier alpha value is -0.820. The number of hydrogen-bond donors (Lipinski definition) is 0. The Balaban J connectivity index is 0.00000120. The third-order valence-corrected chi connectivity index (χ3v) is 3.72.